The summed E-state index contributed by atoms with van der Waals surface area (Å²) >= 11 is 0. The Hall–Kier alpha value is -3.94. The molecule has 0 atom stereocenters. The number of carbonyl (C=O) groups excluding carboxylic acids is 2. The van der Waals surface area contributed by atoms with Gasteiger partial charge in [-0.05, 0) is 37.3 Å². The number of Topliss-reactive ketones (excluding diaryl/α,β-unsaturated/α-hetero) is 1. The van der Waals surface area contributed by atoms with Crippen molar-refractivity contribution in [3.05, 3.63) is 70.5 Å². The number of hydrogen-bond donors (Lipinski definition) is 1. The number of ketones is 1. The van der Waals surface area contributed by atoms with E-state index in [9.17, 15) is 14.4 Å². The molecule has 8 heteroatoms. The lowest BCUT2D eigenvalue weighted by Crippen LogP contribution is -2.29. The second-order valence-corrected chi connectivity index (χ2v) is 6.47. The third kappa shape index (κ3) is 4.72. The molecule has 0 fully saturated rings. The average Bonchev–Trinajstić information content (AvgIpc) is 2.75. The van der Waals surface area contributed by atoms with E-state index < -0.39 is 11.5 Å². The monoisotopic (exact) mass is 407 g/mol. The van der Waals surface area contributed by atoms with E-state index in [2.05, 4.69) is 10.4 Å². The van der Waals surface area contributed by atoms with E-state index in [4.69, 9.17) is 9.47 Å². The molecule has 0 radical (unpaired) electrons. The van der Waals surface area contributed by atoms with E-state index in [0.717, 1.165) is 4.68 Å². The minimum Gasteiger partial charge on any atom is -0.497 e. The van der Waals surface area contributed by atoms with Crippen LogP contribution in [-0.2, 0) is 11.3 Å². The first kappa shape index (κ1) is 20.8. The number of benzene rings is 2. The fourth-order valence-corrected chi connectivity index (χ4v) is 2.87. The second kappa shape index (κ2) is 9.04. The number of anilines is 1. The van der Waals surface area contributed by atoms with E-state index in [1.54, 1.807) is 55.6 Å². The molecule has 8 nitrogen and oxygen atoms in total. The molecule has 0 aliphatic rings. The largest absolute Gasteiger partial charge is 0.497 e. The van der Waals surface area contributed by atoms with Gasteiger partial charge in [0.15, 0.2) is 5.78 Å². The van der Waals surface area contributed by atoms with Crippen LogP contribution in [-0.4, -0.2) is 35.7 Å². The summed E-state index contributed by atoms with van der Waals surface area (Å²) in [6, 6.07) is 14.7. The van der Waals surface area contributed by atoms with Crippen LogP contribution in [0.5, 0.6) is 11.5 Å². The normalized spacial score (nSPS) is 10.4. The summed E-state index contributed by atoms with van der Waals surface area (Å²) in [4.78, 5) is 36.1. The van der Waals surface area contributed by atoms with Crippen molar-refractivity contribution in [2.75, 3.05) is 19.5 Å². The molecule has 0 aliphatic heterocycles. The first-order valence-corrected chi connectivity index (χ1v) is 9.12. The van der Waals surface area contributed by atoms with Gasteiger partial charge >= 0.3 is 0 Å². The van der Waals surface area contributed by atoms with Crippen LogP contribution in [0.4, 0.5) is 5.69 Å². The zero-order valence-electron chi connectivity index (χ0n) is 16.8. The standard InChI is InChI=1S/C22H21N3O5/c1-14(26)15-5-4-6-16(11-15)23-21(27)13-25-22(28)10-9-19(24-25)18-8-7-17(29-2)12-20(18)30-3/h4-12H,13H2,1-3H3,(H,23,27). The maximum Gasteiger partial charge on any atom is 0.267 e. The van der Waals surface area contributed by atoms with Crippen LogP contribution in [0.3, 0.4) is 0 Å². The lowest BCUT2D eigenvalue weighted by molar-refractivity contribution is -0.117. The quantitative estimate of drug-likeness (QED) is 0.605. The molecule has 3 aromatic rings. The molecule has 3 rings (SSSR count). The highest BCUT2D eigenvalue weighted by Crippen LogP contribution is 2.31. The molecular formula is C22H21N3O5. The first-order valence-electron chi connectivity index (χ1n) is 9.12. The SMILES string of the molecule is COc1ccc(-c2ccc(=O)n(CC(=O)Nc3cccc(C(C)=O)c3)n2)c(OC)c1. The van der Waals surface area contributed by atoms with Gasteiger partial charge in [0.2, 0.25) is 5.91 Å². The highest BCUT2D eigenvalue weighted by atomic mass is 16.5. The van der Waals surface area contributed by atoms with Crippen molar-refractivity contribution in [1.29, 1.82) is 0 Å². The van der Waals surface area contributed by atoms with E-state index >= 15 is 0 Å². The number of aromatic nitrogens is 2. The Morgan fingerprint density at radius 2 is 1.83 bits per heavy atom. The fraction of sp³-hybridized carbons (Fsp3) is 0.182. The van der Waals surface area contributed by atoms with Gasteiger partial charge in [0, 0.05) is 28.9 Å². The molecule has 0 bridgehead atoms. The van der Waals surface area contributed by atoms with E-state index in [1.165, 1.54) is 20.1 Å². The molecule has 1 amide bonds. The minimum atomic E-state index is -0.441. The maximum absolute atomic E-state index is 12.4. The van der Waals surface area contributed by atoms with Crippen LogP contribution >= 0.6 is 0 Å². The summed E-state index contributed by atoms with van der Waals surface area (Å²) in [6.07, 6.45) is 0. The van der Waals surface area contributed by atoms with E-state index in [1.807, 2.05) is 0 Å². The van der Waals surface area contributed by atoms with Gasteiger partial charge < -0.3 is 14.8 Å². The van der Waals surface area contributed by atoms with Gasteiger partial charge in [-0.25, -0.2) is 4.68 Å². The molecule has 0 saturated heterocycles. The van der Waals surface area contributed by atoms with Gasteiger partial charge in [-0.1, -0.05) is 12.1 Å². The number of ether oxygens (including phenoxy) is 2. The summed E-state index contributed by atoms with van der Waals surface area (Å²) in [5, 5.41) is 6.98. The zero-order valence-corrected chi connectivity index (χ0v) is 16.8. The number of rotatable bonds is 7. The highest BCUT2D eigenvalue weighted by molar-refractivity contribution is 5.97. The third-order valence-electron chi connectivity index (χ3n) is 4.40. The number of carbonyl (C=O) groups is 2. The lowest BCUT2D eigenvalue weighted by Gasteiger charge is -2.12. The molecule has 1 aromatic heterocycles. The van der Waals surface area contributed by atoms with Crippen molar-refractivity contribution in [1.82, 2.24) is 9.78 Å². The molecule has 0 saturated carbocycles. The minimum absolute atomic E-state index is 0.106. The summed E-state index contributed by atoms with van der Waals surface area (Å²) in [5.41, 5.74) is 1.66. The molecule has 1 heterocycles. The Labute approximate surface area is 173 Å². The Bertz CT molecular complexity index is 1150. The number of amides is 1. The molecule has 154 valence electrons. The van der Waals surface area contributed by atoms with Crippen LogP contribution in [0.15, 0.2) is 59.4 Å². The fourth-order valence-electron chi connectivity index (χ4n) is 2.87. The van der Waals surface area contributed by atoms with Gasteiger partial charge in [-0.2, -0.15) is 5.10 Å². The van der Waals surface area contributed by atoms with Gasteiger partial charge in [0.1, 0.15) is 18.0 Å². The molecule has 1 N–H and O–H groups in total. The van der Waals surface area contributed by atoms with Gasteiger partial charge in [0.05, 0.1) is 19.9 Å². The topological polar surface area (TPSA) is 99.5 Å². The van der Waals surface area contributed by atoms with Crippen molar-refractivity contribution in [2.45, 2.75) is 13.5 Å². The zero-order chi connectivity index (χ0) is 21.7. The number of methoxy groups -OCH3 is 2. The van der Waals surface area contributed by atoms with Crippen molar-refractivity contribution >= 4 is 17.4 Å². The van der Waals surface area contributed by atoms with Gasteiger partial charge in [-0.15, -0.1) is 0 Å². The Morgan fingerprint density at radius 3 is 2.53 bits per heavy atom. The average molecular weight is 407 g/mol. The molecule has 0 unspecified atom stereocenters. The van der Waals surface area contributed by atoms with Crippen molar-refractivity contribution < 1.29 is 19.1 Å². The molecule has 0 spiro atoms. The van der Waals surface area contributed by atoms with Gasteiger partial charge in [0.25, 0.3) is 5.56 Å². The van der Waals surface area contributed by atoms with Crippen LogP contribution in [0, 0.1) is 0 Å². The Kier molecular flexibility index (Phi) is 6.26. The summed E-state index contributed by atoms with van der Waals surface area (Å²) in [6.45, 7) is 1.17. The second-order valence-electron chi connectivity index (χ2n) is 6.47. The number of hydrogen-bond acceptors (Lipinski definition) is 6. The predicted molar refractivity (Wildman–Crippen MR) is 112 cm³/mol. The van der Waals surface area contributed by atoms with E-state index in [0.29, 0.717) is 34.0 Å². The van der Waals surface area contributed by atoms with E-state index in [-0.39, 0.29) is 12.3 Å². The molecule has 0 aliphatic carbocycles. The third-order valence-corrected chi connectivity index (χ3v) is 4.40. The Balaban J connectivity index is 1.84. The lowest BCUT2D eigenvalue weighted by atomic mass is 10.1. The van der Waals surface area contributed by atoms with Crippen molar-refractivity contribution in [3.63, 3.8) is 0 Å². The molecule has 2 aromatic carbocycles. The first-order chi connectivity index (χ1) is 14.4. The molecular weight excluding hydrogens is 386 g/mol. The number of nitrogens with zero attached hydrogens (tertiary/aromatic N) is 2. The van der Waals surface area contributed by atoms with Crippen LogP contribution in [0.25, 0.3) is 11.3 Å². The smallest absolute Gasteiger partial charge is 0.267 e. The Morgan fingerprint density at radius 1 is 1.03 bits per heavy atom. The highest BCUT2D eigenvalue weighted by Gasteiger charge is 2.13. The van der Waals surface area contributed by atoms with Gasteiger partial charge in [-0.3, -0.25) is 14.4 Å². The predicted octanol–water partition coefficient (Wildman–Crippen LogP) is 2.77. The summed E-state index contributed by atoms with van der Waals surface area (Å²) in [5.74, 6) is 0.600. The number of nitrogens with one attached hydrogen (secondary N) is 1. The maximum atomic E-state index is 12.4. The summed E-state index contributed by atoms with van der Waals surface area (Å²) in [7, 11) is 3.08. The summed E-state index contributed by atoms with van der Waals surface area (Å²) < 4.78 is 11.7. The molecule has 30 heavy (non-hydrogen) atoms. The van der Waals surface area contributed by atoms with Crippen LogP contribution in [0.2, 0.25) is 0 Å². The van der Waals surface area contributed by atoms with Crippen molar-refractivity contribution in [3.8, 4) is 22.8 Å². The van der Waals surface area contributed by atoms with Crippen LogP contribution in [0.1, 0.15) is 17.3 Å². The van der Waals surface area contributed by atoms with Crippen LogP contribution < -0.4 is 20.3 Å². The van der Waals surface area contributed by atoms with Crippen molar-refractivity contribution in [2.24, 2.45) is 0 Å².